The van der Waals surface area contributed by atoms with Crippen LogP contribution in [0.3, 0.4) is 0 Å². The predicted octanol–water partition coefficient (Wildman–Crippen LogP) is 5.46. The van der Waals surface area contributed by atoms with Crippen LogP contribution in [-0.2, 0) is 6.42 Å². The Balaban J connectivity index is 0.00000124. The number of hydrogen-bond acceptors (Lipinski definition) is 3. The Morgan fingerprint density at radius 1 is 1.20 bits per heavy atom. The second kappa shape index (κ2) is 10.9. The summed E-state index contributed by atoms with van der Waals surface area (Å²) in [7, 11) is 1.91. The average Bonchev–Trinajstić information content (AvgIpc) is 3.25. The zero-order valence-electron chi connectivity index (χ0n) is 18.6. The fraction of sp³-hybridized carbons (Fsp3) is 0.370. The summed E-state index contributed by atoms with van der Waals surface area (Å²) in [6, 6.07) is 9.25. The zero-order valence-corrected chi connectivity index (χ0v) is 18.6. The van der Waals surface area contributed by atoms with Crippen LogP contribution in [0.5, 0.6) is 0 Å². The molecule has 0 aromatic heterocycles. The van der Waals surface area contributed by atoms with Gasteiger partial charge in [0.15, 0.2) is 0 Å². The molecule has 1 fully saturated rings. The van der Waals surface area contributed by atoms with Crippen LogP contribution in [0.2, 0.25) is 0 Å². The molecule has 3 nitrogen and oxygen atoms in total. The normalized spacial score (nSPS) is 21.0. The lowest BCUT2D eigenvalue weighted by Crippen LogP contribution is -2.26. The highest BCUT2D eigenvalue weighted by atomic mass is 14.9. The van der Waals surface area contributed by atoms with Crippen LogP contribution in [0.25, 0.3) is 0 Å². The third kappa shape index (κ3) is 4.91. The summed E-state index contributed by atoms with van der Waals surface area (Å²) in [5, 5.41) is 6.56. The smallest absolute Gasteiger partial charge is 0.0552 e. The van der Waals surface area contributed by atoms with Crippen molar-refractivity contribution in [3.8, 4) is 0 Å². The van der Waals surface area contributed by atoms with Gasteiger partial charge in [-0.25, -0.2) is 0 Å². The summed E-state index contributed by atoms with van der Waals surface area (Å²) in [5.41, 5.74) is 7.62. The summed E-state index contributed by atoms with van der Waals surface area (Å²) < 4.78 is 0. The number of benzene rings is 1. The molecule has 1 saturated heterocycles. The molecule has 1 aromatic carbocycles. The molecule has 3 aliphatic rings. The fourth-order valence-corrected chi connectivity index (χ4v) is 4.39. The first kappa shape index (κ1) is 22.0. The molecule has 2 N–H and O–H groups in total. The zero-order chi connectivity index (χ0) is 21.3. The Hall–Kier alpha value is -2.65. The standard InChI is InChI=1S/C25H29N3.C2H6/c1-3-19(16-26-2)24-17-28-25-22(5-4-6-23(24)25)15-18-7-9-20(10-8-18)21-11-13-27-14-12-21;1-2/h3-10,16-17,21,23,26-27H,1,11-15H2,2H3;1-2H3/b19-16+;. The molecule has 0 amide bonds. The van der Waals surface area contributed by atoms with Crippen LogP contribution in [-0.4, -0.2) is 25.8 Å². The number of nitrogens with one attached hydrogen (secondary N) is 2. The summed E-state index contributed by atoms with van der Waals surface area (Å²) >= 11 is 0. The molecule has 0 bridgehead atoms. The van der Waals surface area contributed by atoms with Gasteiger partial charge in [0.2, 0.25) is 0 Å². The predicted molar refractivity (Wildman–Crippen MR) is 130 cm³/mol. The summed E-state index contributed by atoms with van der Waals surface area (Å²) in [6.45, 7) is 10.2. The molecule has 1 aliphatic carbocycles. The summed E-state index contributed by atoms with van der Waals surface area (Å²) in [4.78, 5) is 4.77. The molecule has 0 spiro atoms. The van der Waals surface area contributed by atoms with Gasteiger partial charge in [0, 0.05) is 25.4 Å². The van der Waals surface area contributed by atoms with Gasteiger partial charge in [0.05, 0.1) is 5.71 Å². The maximum Gasteiger partial charge on any atom is 0.0552 e. The first-order chi connectivity index (χ1) is 14.8. The minimum Gasteiger partial charge on any atom is -0.393 e. The quantitative estimate of drug-likeness (QED) is 0.621. The van der Waals surface area contributed by atoms with E-state index in [4.69, 9.17) is 4.99 Å². The SMILES string of the molecule is C=C/C(=C\NC)C1=CN=C2C(Cc3ccc(C4CCNCC4)cc3)=CC=CC12.CC. The average molecular weight is 402 g/mol. The lowest BCUT2D eigenvalue weighted by Gasteiger charge is -2.23. The largest absolute Gasteiger partial charge is 0.393 e. The van der Waals surface area contributed by atoms with Gasteiger partial charge in [-0.2, -0.15) is 0 Å². The summed E-state index contributed by atoms with van der Waals surface area (Å²) in [5.74, 6) is 0.936. The van der Waals surface area contributed by atoms with E-state index >= 15 is 0 Å². The molecule has 3 heteroatoms. The van der Waals surface area contributed by atoms with Crippen LogP contribution >= 0.6 is 0 Å². The van der Waals surface area contributed by atoms with Gasteiger partial charge in [-0.3, -0.25) is 4.99 Å². The van der Waals surface area contributed by atoms with Gasteiger partial charge < -0.3 is 10.6 Å². The van der Waals surface area contributed by atoms with Crippen molar-refractivity contribution in [2.45, 2.75) is 39.0 Å². The van der Waals surface area contributed by atoms with Crippen molar-refractivity contribution in [1.29, 1.82) is 0 Å². The van der Waals surface area contributed by atoms with Gasteiger partial charge in [-0.05, 0) is 66.1 Å². The minimum absolute atomic E-state index is 0.228. The van der Waals surface area contributed by atoms with Gasteiger partial charge in [-0.1, -0.05) is 69.0 Å². The van der Waals surface area contributed by atoms with Crippen LogP contribution in [0.15, 0.2) is 89.3 Å². The number of fused-ring (bicyclic) bond motifs is 1. The minimum atomic E-state index is 0.228. The second-order valence-electron chi connectivity index (χ2n) is 7.69. The maximum atomic E-state index is 4.77. The lowest BCUT2D eigenvalue weighted by molar-refractivity contribution is 0.460. The van der Waals surface area contributed by atoms with E-state index in [0.29, 0.717) is 5.92 Å². The second-order valence-corrected chi connectivity index (χ2v) is 7.69. The molecule has 1 aromatic rings. The van der Waals surface area contributed by atoms with Gasteiger partial charge >= 0.3 is 0 Å². The number of hydrogen-bond donors (Lipinski definition) is 2. The Morgan fingerprint density at radius 3 is 2.60 bits per heavy atom. The molecule has 2 aliphatic heterocycles. The van der Waals surface area contributed by atoms with Gasteiger partial charge in [0.25, 0.3) is 0 Å². The first-order valence-corrected chi connectivity index (χ1v) is 11.3. The van der Waals surface area contributed by atoms with Gasteiger partial charge in [-0.15, -0.1) is 0 Å². The van der Waals surface area contributed by atoms with Crippen molar-refractivity contribution < 1.29 is 0 Å². The molecule has 158 valence electrons. The van der Waals surface area contributed by atoms with E-state index in [2.05, 4.69) is 59.7 Å². The van der Waals surface area contributed by atoms with Crippen molar-refractivity contribution in [3.63, 3.8) is 0 Å². The van der Waals surface area contributed by atoms with E-state index in [0.717, 1.165) is 25.1 Å². The topological polar surface area (TPSA) is 36.4 Å². The Bertz CT molecular complexity index is 875. The highest BCUT2D eigenvalue weighted by Crippen LogP contribution is 2.34. The maximum absolute atomic E-state index is 4.77. The first-order valence-electron chi connectivity index (χ1n) is 11.3. The third-order valence-corrected chi connectivity index (χ3v) is 5.94. The molecular weight excluding hydrogens is 366 g/mol. The Kier molecular flexibility index (Phi) is 8.04. The number of allylic oxidation sites excluding steroid dienone is 7. The lowest BCUT2D eigenvalue weighted by atomic mass is 9.82. The van der Waals surface area contributed by atoms with E-state index in [1.165, 1.54) is 40.8 Å². The molecule has 1 unspecified atom stereocenters. The number of aliphatic imine (C=N–C) groups is 1. The third-order valence-electron chi connectivity index (χ3n) is 5.94. The van der Waals surface area contributed by atoms with E-state index in [1.807, 2.05) is 39.4 Å². The van der Waals surface area contributed by atoms with E-state index < -0.39 is 0 Å². The fourth-order valence-electron chi connectivity index (χ4n) is 4.39. The molecule has 30 heavy (non-hydrogen) atoms. The Morgan fingerprint density at radius 2 is 1.93 bits per heavy atom. The summed E-state index contributed by atoms with van der Waals surface area (Å²) in [6.07, 6.45) is 15.9. The van der Waals surface area contributed by atoms with Crippen molar-refractivity contribution in [2.24, 2.45) is 10.9 Å². The highest BCUT2D eigenvalue weighted by molar-refractivity contribution is 6.08. The van der Waals surface area contributed by atoms with E-state index in [1.54, 1.807) is 0 Å². The number of piperidine rings is 1. The van der Waals surface area contributed by atoms with Gasteiger partial charge in [0.1, 0.15) is 0 Å². The monoisotopic (exact) mass is 401 g/mol. The van der Waals surface area contributed by atoms with E-state index in [-0.39, 0.29) is 5.92 Å². The van der Waals surface area contributed by atoms with Crippen LogP contribution in [0.1, 0.15) is 43.7 Å². The highest BCUT2D eigenvalue weighted by Gasteiger charge is 2.28. The molecular formula is C27H35N3. The number of rotatable bonds is 6. The van der Waals surface area contributed by atoms with Crippen molar-refractivity contribution in [1.82, 2.24) is 10.6 Å². The molecule has 4 rings (SSSR count). The van der Waals surface area contributed by atoms with Crippen LogP contribution in [0, 0.1) is 5.92 Å². The number of nitrogens with zero attached hydrogens (tertiary/aromatic N) is 1. The molecule has 0 radical (unpaired) electrons. The van der Waals surface area contributed by atoms with Crippen molar-refractivity contribution >= 4 is 5.71 Å². The molecule has 1 atom stereocenters. The van der Waals surface area contributed by atoms with Crippen LogP contribution < -0.4 is 10.6 Å². The van der Waals surface area contributed by atoms with Crippen molar-refractivity contribution in [3.05, 3.63) is 95.4 Å². The molecule has 2 heterocycles. The Labute approximate surface area is 182 Å². The van der Waals surface area contributed by atoms with Crippen LogP contribution in [0.4, 0.5) is 0 Å². The van der Waals surface area contributed by atoms with Crippen molar-refractivity contribution in [2.75, 3.05) is 20.1 Å². The molecule has 0 saturated carbocycles. The van der Waals surface area contributed by atoms with E-state index in [9.17, 15) is 0 Å².